The Morgan fingerprint density at radius 3 is 2.18 bits per heavy atom. The van der Waals surface area contributed by atoms with E-state index in [2.05, 4.69) is 20.0 Å². The highest BCUT2D eigenvalue weighted by Crippen LogP contribution is 2.21. The van der Waals surface area contributed by atoms with Crippen LogP contribution in [0.3, 0.4) is 0 Å². The smallest absolute Gasteiger partial charge is 0.263 e. The molecule has 4 aromatic rings. The number of sulfonamides is 1. The Morgan fingerprint density at radius 2 is 1.52 bits per heavy atom. The van der Waals surface area contributed by atoms with Crippen molar-refractivity contribution in [1.82, 2.24) is 9.97 Å². The molecule has 33 heavy (non-hydrogen) atoms. The SMILES string of the molecule is COc1cc(NS(=O)(=O)c2ccc(NC(=O)c3ccc(-c4ccccc4)cc3)cc2)ncn1. The molecule has 8 nitrogen and oxygen atoms in total. The number of benzene rings is 3. The molecular weight excluding hydrogens is 440 g/mol. The Hall–Kier alpha value is -4.24. The predicted octanol–water partition coefficient (Wildman–Crippen LogP) is 4.21. The minimum atomic E-state index is -3.88. The molecule has 0 unspecified atom stereocenters. The summed E-state index contributed by atoms with van der Waals surface area (Å²) < 4.78 is 32.5. The first kappa shape index (κ1) is 22.0. The van der Waals surface area contributed by atoms with Crippen molar-refractivity contribution < 1.29 is 17.9 Å². The summed E-state index contributed by atoms with van der Waals surface area (Å²) in [6.45, 7) is 0. The van der Waals surface area contributed by atoms with Gasteiger partial charge in [0.2, 0.25) is 5.88 Å². The molecule has 0 aliphatic carbocycles. The highest BCUT2D eigenvalue weighted by Gasteiger charge is 2.16. The molecule has 0 fully saturated rings. The van der Waals surface area contributed by atoms with E-state index in [0.717, 1.165) is 11.1 Å². The molecule has 0 spiro atoms. The predicted molar refractivity (Wildman–Crippen MR) is 126 cm³/mol. The number of nitrogens with zero attached hydrogens (tertiary/aromatic N) is 2. The Kier molecular flexibility index (Phi) is 6.32. The number of rotatable bonds is 7. The van der Waals surface area contributed by atoms with Crippen LogP contribution in [-0.4, -0.2) is 31.4 Å². The summed E-state index contributed by atoms with van der Waals surface area (Å²) in [5, 5.41) is 2.77. The number of methoxy groups -OCH3 is 1. The lowest BCUT2D eigenvalue weighted by atomic mass is 10.0. The quantitative estimate of drug-likeness (QED) is 0.428. The summed E-state index contributed by atoms with van der Waals surface area (Å²) in [5.74, 6) is 0.0205. The van der Waals surface area contributed by atoms with E-state index in [1.165, 1.54) is 43.8 Å². The maximum atomic E-state index is 12.6. The van der Waals surface area contributed by atoms with Crippen LogP contribution in [-0.2, 0) is 10.0 Å². The molecule has 0 saturated heterocycles. The van der Waals surface area contributed by atoms with Gasteiger partial charge in [-0.25, -0.2) is 18.4 Å². The van der Waals surface area contributed by atoms with E-state index in [4.69, 9.17) is 4.74 Å². The summed E-state index contributed by atoms with van der Waals surface area (Å²) in [4.78, 5) is 20.3. The van der Waals surface area contributed by atoms with Gasteiger partial charge < -0.3 is 10.1 Å². The maximum Gasteiger partial charge on any atom is 0.263 e. The number of anilines is 2. The summed E-state index contributed by atoms with van der Waals surface area (Å²) >= 11 is 0. The molecule has 0 aliphatic rings. The molecule has 9 heteroatoms. The molecule has 1 aromatic heterocycles. The Morgan fingerprint density at radius 1 is 0.848 bits per heavy atom. The lowest BCUT2D eigenvalue weighted by Gasteiger charge is -2.10. The van der Waals surface area contributed by atoms with Gasteiger partial charge in [0.1, 0.15) is 12.1 Å². The minimum absolute atomic E-state index is 0.0188. The molecule has 4 rings (SSSR count). The first-order valence-electron chi connectivity index (χ1n) is 9.90. The normalized spacial score (nSPS) is 10.9. The molecule has 0 saturated carbocycles. The highest BCUT2D eigenvalue weighted by molar-refractivity contribution is 7.92. The van der Waals surface area contributed by atoms with Gasteiger partial charge in [-0.15, -0.1) is 0 Å². The van der Waals surface area contributed by atoms with Crippen LogP contribution < -0.4 is 14.8 Å². The number of hydrogen-bond donors (Lipinski definition) is 2. The van der Waals surface area contributed by atoms with Gasteiger partial charge in [0, 0.05) is 17.3 Å². The minimum Gasteiger partial charge on any atom is -0.481 e. The number of hydrogen-bond acceptors (Lipinski definition) is 6. The van der Waals surface area contributed by atoms with Gasteiger partial charge in [0.05, 0.1) is 12.0 Å². The van der Waals surface area contributed by atoms with Crippen LogP contribution in [0, 0.1) is 0 Å². The third kappa shape index (κ3) is 5.34. The number of nitrogens with one attached hydrogen (secondary N) is 2. The zero-order chi connectivity index (χ0) is 23.3. The van der Waals surface area contributed by atoms with E-state index in [9.17, 15) is 13.2 Å². The summed E-state index contributed by atoms with van der Waals surface area (Å²) in [5.41, 5.74) is 3.03. The molecular formula is C24H20N4O4S. The fourth-order valence-corrected chi connectivity index (χ4v) is 4.07. The van der Waals surface area contributed by atoms with Gasteiger partial charge >= 0.3 is 0 Å². The van der Waals surface area contributed by atoms with Crippen molar-refractivity contribution in [2.45, 2.75) is 4.90 Å². The average Bonchev–Trinajstić information content (AvgIpc) is 2.85. The molecule has 0 atom stereocenters. The van der Waals surface area contributed by atoms with Crippen LogP contribution in [0.2, 0.25) is 0 Å². The van der Waals surface area contributed by atoms with Crippen molar-refractivity contribution >= 4 is 27.4 Å². The molecule has 166 valence electrons. The first-order valence-corrected chi connectivity index (χ1v) is 11.4. The average molecular weight is 461 g/mol. The molecule has 0 radical (unpaired) electrons. The molecule has 1 heterocycles. The number of carbonyl (C=O) groups is 1. The van der Waals surface area contributed by atoms with Crippen molar-refractivity contribution in [2.24, 2.45) is 0 Å². The van der Waals surface area contributed by atoms with Crippen LogP contribution in [0.4, 0.5) is 11.5 Å². The lowest BCUT2D eigenvalue weighted by molar-refractivity contribution is 0.102. The van der Waals surface area contributed by atoms with E-state index in [0.29, 0.717) is 11.3 Å². The lowest BCUT2D eigenvalue weighted by Crippen LogP contribution is -2.15. The van der Waals surface area contributed by atoms with E-state index in [1.54, 1.807) is 12.1 Å². The summed E-state index contributed by atoms with van der Waals surface area (Å²) in [7, 11) is -2.45. The highest BCUT2D eigenvalue weighted by atomic mass is 32.2. The largest absolute Gasteiger partial charge is 0.481 e. The maximum absolute atomic E-state index is 12.6. The third-order valence-electron chi connectivity index (χ3n) is 4.77. The number of carbonyl (C=O) groups excluding carboxylic acids is 1. The van der Waals surface area contributed by atoms with Crippen LogP contribution in [0.25, 0.3) is 11.1 Å². The second-order valence-corrected chi connectivity index (χ2v) is 8.66. The second kappa shape index (κ2) is 9.49. The van der Waals surface area contributed by atoms with E-state index in [1.807, 2.05) is 42.5 Å². The zero-order valence-electron chi connectivity index (χ0n) is 17.6. The Balaban J connectivity index is 1.43. The Labute approximate surface area is 191 Å². The summed E-state index contributed by atoms with van der Waals surface area (Å²) in [6, 6.07) is 24.3. The van der Waals surface area contributed by atoms with Gasteiger partial charge in [-0.2, -0.15) is 0 Å². The second-order valence-electron chi connectivity index (χ2n) is 6.97. The molecule has 1 amide bonds. The van der Waals surface area contributed by atoms with Crippen molar-refractivity contribution in [1.29, 1.82) is 0 Å². The van der Waals surface area contributed by atoms with Gasteiger partial charge in [0.15, 0.2) is 0 Å². The van der Waals surface area contributed by atoms with Crippen LogP contribution in [0.15, 0.2) is 96.2 Å². The molecule has 3 aromatic carbocycles. The fourth-order valence-electron chi connectivity index (χ4n) is 3.07. The van der Waals surface area contributed by atoms with Crippen molar-refractivity contribution in [3.05, 3.63) is 96.8 Å². The number of amides is 1. The standard InChI is InChI=1S/C24H20N4O4S/c1-32-23-15-22(25-16-26-23)28-33(30,31)21-13-11-20(12-14-21)27-24(29)19-9-7-18(8-10-19)17-5-3-2-4-6-17/h2-16H,1H3,(H,27,29)(H,25,26,28). The van der Waals surface area contributed by atoms with Crippen molar-refractivity contribution in [3.8, 4) is 17.0 Å². The van der Waals surface area contributed by atoms with Crippen LogP contribution in [0.1, 0.15) is 10.4 Å². The van der Waals surface area contributed by atoms with Gasteiger partial charge in [0.25, 0.3) is 15.9 Å². The topological polar surface area (TPSA) is 110 Å². The number of aromatic nitrogens is 2. The fraction of sp³-hybridized carbons (Fsp3) is 0.0417. The third-order valence-corrected chi connectivity index (χ3v) is 6.14. The van der Waals surface area contributed by atoms with Gasteiger partial charge in [-0.05, 0) is 47.5 Å². The molecule has 0 bridgehead atoms. The first-order chi connectivity index (χ1) is 15.9. The zero-order valence-corrected chi connectivity index (χ0v) is 18.4. The van der Waals surface area contributed by atoms with E-state index >= 15 is 0 Å². The van der Waals surface area contributed by atoms with E-state index in [-0.39, 0.29) is 22.5 Å². The monoisotopic (exact) mass is 460 g/mol. The van der Waals surface area contributed by atoms with E-state index < -0.39 is 10.0 Å². The van der Waals surface area contributed by atoms with Crippen LogP contribution in [0.5, 0.6) is 5.88 Å². The summed E-state index contributed by atoms with van der Waals surface area (Å²) in [6.07, 6.45) is 1.20. The molecule has 0 aliphatic heterocycles. The van der Waals surface area contributed by atoms with Gasteiger partial charge in [-0.3, -0.25) is 9.52 Å². The molecule has 2 N–H and O–H groups in total. The van der Waals surface area contributed by atoms with Gasteiger partial charge in [-0.1, -0.05) is 42.5 Å². The Bertz CT molecular complexity index is 1360. The number of ether oxygens (including phenoxy) is 1. The van der Waals surface area contributed by atoms with Crippen LogP contribution >= 0.6 is 0 Å². The van der Waals surface area contributed by atoms with Crippen molar-refractivity contribution in [2.75, 3.05) is 17.1 Å². The van der Waals surface area contributed by atoms with Crippen molar-refractivity contribution in [3.63, 3.8) is 0 Å².